The van der Waals surface area contributed by atoms with Crippen molar-refractivity contribution in [3.05, 3.63) is 77.3 Å². The fraction of sp³-hybridized carbons (Fsp3) is 0.0909. The number of benzene rings is 2. The van der Waals surface area contributed by atoms with E-state index in [9.17, 15) is 9.18 Å². The number of rotatable bonds is 4. The highest BCUT2D eigenvalue weighted by Gasteiger charge is 2.14. The van der Waals surface area contributed by atoms with Gasteiger partial charge in [-0.1, -0.05) is 11.6 Å². The van der Waals surface area contributed by atoms with Gasteiger partial charge in [0, 0.05) is 48.7 Å². The van der Waals surface area contributed by atoms with Crippen molar-refractivity contribution in [1.82, 2.24) is 19.9 Å². The molecule has 4 aromatic rings. The molecule has 0 aliphatic carbocycles. The number of nitrogens with zero attached hydrogens (tertiary/aromatic N) is 4. The van der Waals surface area contributed by atoms with E-state index in [1.54, 1.807) is 56.8 Å². The zero-order valence-electron chi connectivity index (χ0n) is 16.2. The van der Waals surface area contributed by atoms with E-state index in [0.717, 1.165) is 5.56 Å². The Balaban J connectivity index is 1.88. The molecule has 1 N–H and O–H groups in total. The van der Waals surface area contributed by atoms with Gasteiger partial charge in [0.2, 0.25) is 0 Å². The summed E-state index contributed by atoms with van der Waals surface area (Å²) in [5, 5.41) is 3.89. The zero-order chi connectivity index (χ0) is 21.3. The number of carbonyl (C=O) groups is 1. The minimum absolute atomic E-state index is 0.00436. The first-order chi connectivity index (χ1) is 14.4. The van der Waals surface area contributed by atoms with Crippen LogP contribution in [0.5, 0.6) is 0 Å². The van der Waals surface area contributed by atoms with Crippen LogP contribution in [0.1, 0.15) is 10.4 Å². The van der Waals surface area contributed by atoms with Crippen LogP contribution in [0.4, 0.5) is 15.9 Å². The quantitative estimate of drug-likeness (QED) is 0.506. The Morgan fingerprint density at radius 2 is 1.93 bits per heavy atom. The number of hydrogen-bond acceptors (Lipinski definition) is 5. The van der Waals surface area contributed by atoms with Crippen LogP contribution in [0, 0.1) is 5.82 Å². The van der Waals surface area contributed by atoms with Crippen molar-refractivity contribution in [3.8, 4) is 11.4 Å². The number of pyridine rings is 1. The molecular weight excluding hydrogens is 405 g/mol. The number of nitrogens with one attached hydrogen (secondary N) is 1. The lowest BCUT2D eigenvalue weighted by Gasteiger charge is -2.14. The second kappa shape index (κ2) is 8.04. The van der Waals surface area contributed by atoms with Crippen LogP contribution in [0.25, 0.3) is 22.3 Å². The van der Waals surface area contributed by atoms with Crippen molar-refractivity contribution < 1.29 is 9.18 Å². The highest BCUT2D eigenvalue weighted by atomic mass is 35.5. The minimum atomic E-state index is -0.502. The van der Waals surface area contributed by atoms with Gasteiger partial charge >= 0.3 is 0 Å². The van der Waals surface area contributed by atoms with Gasteiger partial charge in [-0.25, -0.2) is 14.4 Å². The number of carbonyl (C=O) groups excluding carboxylic acids is 1. The maximum Gasteiger partial charge on any atom is 0.253 e. The Labute approximate surface area is 177 Å². The molecule has 1 amide bonds. The summed E-state index contributed by atoms with van der Waals surface area (Å²) in [6.07, 6.45) is 3.33. The van der Waals surface area contributed by atoms with Gasteiger partial charge in [0.25, 0.3) is 5.91 Å². The summed E-state index contributed by atoms with van der Waals surface area (Å²) < 4.78 is 13.5. The first-order valence-corrected chi connectivity index (χ1v) is 9.46. The topological polar surface area (TPSA) is 71.0 Å². The SMILES string of the molecule is CN(C)C(=O)c1ccc2c(Nc3ccc(F)c(Cl)c3)nc(-c3cccnc3)nc2c1. The zero-order valence-corrected chi connectivity index (χ0v) is 17.0. The molecule has 150 valence electrons. The van der Waals surface area contributed by atoms with E-state index >= 15 is 0 Å². The van der Waals surface area contributed by atoms with Crippen molar-refractivity contribution in [2.45, 2.75) is 0 Å². The fourth-order valence-electron chi connectivity index (χ4n) is 2.95. The summed E-state index contributed by atoms with van der Waals surface area (Å²) in [5.41, 5.74) is 2.40. The first kappa shape index (κ1) is 19.7. The Morgan fingerprint density at radius 1 is 1.10 bits per heavy atom. The summed E-state index contributed by atoms with van der Waals surface area (Å²) in [6, 6.07) is 13.2. The Morgan fingerprint density at radius 3 is 2.63 bits per heavy atom. The van der Waals surface area contributed by atoms with E-state index in [0.29, 0.717) is 33.8 Å². The maximum atomic E-state index is 13.5. The largest absolute Gasteiger partial charge is 0.345 e. The van der Waals surface area contributed by atoms with Crippen molar-refractivity contribution >= 4 is 39.9 Å². The molecule has 0 unspecified atom stereocenters. The molecule has 0 fully saturated rings. The van der Waals surface area contributed by atoms with Gasteiger partial charge in [-0.05, 0) is 48.5 Å². The van der Waals surface area contributed by atoms with E-state index < -0.39 is 5.82 Å². The van der Waals surface area contributed by atoms with E-state index in [4.69, 9.17) is 11.6 Å². The van der Waals surface area contributed by atoms with Crippen molar-refractivity contribution in [2.24, 2.45) is 0 Å². The number of hydrogen-bond donors (Lipinski definition) is 1. The third-order valence-corrected chi connectivity index (χ3v) is 4.74. The van der Waals surface area contributed by atoms with Gasteiger partial charge in [0.15, 0.2) is 5.82 Å². The molecule has 8 heteroatoms. The van der Waals surface area contributed by atoms with E-state index in [1.807, 2.05) is 6.07 Å². The lowest BCUT2D eigenvalue weighted by atomic mass is 10.1. The van der Waals surface area contributed by atoms with Crippen LogP contribution in [-0.4, -0.2) is 39.9 Å². The molecule has 2 heterocycles. The smallest absolute Gasteiger partial charge is 0.253 e. The second-order valence-electron chi connectivity index (χ2n) is 6.82. The fourth-order valence-corrected chi connectivity index (χ4v) is 3.13. The molecule has 0 radical (unpaired) electrons. The molecular formula is C22H17ClFN5O. The van der Waals surface area contributed by atoms with E-state index in [2.05, 4.69) is 20.3 Å². The third-order valence-electron chi connectivity index (χ3n) is 4.45. The predicted molar refractivity (Wildman–Crippen MR) is 115 cm³/mol. The van der Waals surface area contributed by atoms with Gasteiger partial charge in [-0.2, -0.15) is 0 Å². The van der Waals surface area contributed by atoms with Crippen LogP contribution in [0.15, 0.2) is 60.9 Å². The molecule has 0 saturated carbocycles. The van der Waals surface area contributed by atoms with E-state index in [1.165, 1.54) is 17.0 Å². The first-order valence-electron chi connectivity index (χ1n) is 9.08. The normalized spacial score (nSPS) is 10.8. The Bertz CT molecular complexity index is 1250. The van der Waals surface area contributed by atoms with E-state index in [-0.39, 0.29) is 10.9 Å². The summed E-state index contributed by atoms with van der Waals surface area (Å²) in [6.45, 7) is 0. The minimum Gasteiger partial charge on any atom is -0.345 e. The molecule has 0 atom stereocenters. The Hall–Kier alpha value is -3.58. The van der Waals surface area contributed by atoms with Gasteiger partial charge in [-0.3, -0.25) is 9.78 Å². The maximum absolute atomic E-state index is 13.5. The van der Waals surface area contributed by atoms with Crippen LogP contribution in [-0.2, 0) is 0 Å². The van der Waals surface area contributed by atoms with Crippen molar-refractivity contribution in [3.63, 3.8) is 0 Å². The number of aromatic nitrogens is 3. The molecule has 0 bridgehead atoms. The summed E-state index contributed by atoms with van der Waals surface area (Å²) in [4.78, 5) is 27.3. The molecule has 0 aliphatic rings. The average Bonchev–Trinajstić information content (AvgIpc) is 2.75. The lowest BCUT2D eigenvalue weighted by molar-refractivity contribution is 0.0827. The van der Waals surface area contributed by atoms with Crippen molar-refractivity contribution in [2.75, 3.05) is 19.4 Å². The van der Waals surface area contributed by atoms with Gasteiger partial charge in [-0.15, -0.1) is 0 Å². The summed E-state index contributed by atoms with van der Waals surface area (Å²) in [5.74, 6) is 0.321. The monoisotopic (exact) mass is 421 g/mol. The molecule has 0 aliphatic heterocycles. The van der Waals surface area contributed by atoms with Gasteiger partial charge in [0.1, 0.15) is 11.6 Å². The number of anilines is 2. The van der Waals surface area contributed by atoms with Gasteiger partial charge < -0.3 is 10.2 Å². The molecule has 6 nitrogen and oxygen atoms in total. The molecule has 0 saturated heterocycles. The Kier molecular flexibility index (Phi) is 5.29. The van der Waals surface area contributed by atoms with Crippen LogP contribution < -0.4 is 5.32 Å². The van der Waals surface area contributed by atoms with Gasteiger partial charge in [0.05, 0.1) is 10.5 Å². The van der Waals surface area contributed by atoms with Crippen molar-refractivity contribution in [1.29, 1.82) is 0 Å². The molecule has 4 rings (SSSR count). The average molecular weight is 422 g/mol. The molecule has 2 aromatic carbocycles. The number of fused-ring (bicyclic) bond motifs is 1. The number of amides is 1. The summed E-state index contributed by atoms with van der Waals surface area (Å²) >= 11 is 5.91. The highest BCUT2D eigenvalue weighted by Crippen LogP contribution is 2.29. The third kappa shape index (κ3) is 3.92. The highest BCUT2D eigenvalue weighted by molar-refractivity contribution is 6.31. The number of halogens is 2. The molecule has 0 spiro atoms. The van der Waals surface area contributed by atoms with Crippen LogP contribution in [0.3, 0.4) is 0 Å². The van der Waals surface area contributed by atoms with Crippen LogP contribution >= 0.6 is 11.6 Å². The lowest BCUT2D eigenvalue weighted by Crippen LogP contribution is -2.21. The second-order valence-corrected chi connectivity index (χ2v) is 7.23. The molecule has 30 heavy (non-hydrogen) atoms. The van der Waals surface area contributed by atoms with Crippen LogP contribution in [0.2, 0.25) is 5.02 Å². The standard InChI is InChI=1S/C22H17ClFN5O/c1-29(2)22(30)13-5-7-16-19(10-13)27-20(14-4-3-9-25-12-14)28-21(16)26-15-6-8-18(24)17(23)11-15/h3-12H,1-2H3,(H,26,27,28). The summed E-state index contributed by atoms with van der Waals surface area (Å²) in [7, 11) is 3.39. The molecule has 2 aromatic heterocycles. The predicted octanol–water partition coefficient (Wildman–Crippen LogP) is 4.93.